The van der Waals surface area contributed by atoms with Crippen LogP contribution in [0.2, 0.25) is 0 Å². The number of aromatic nitrogens is 1. The van der Waals surface area contributed by atoms with Gasteiger partial charge >= 0.3 is 11.9 Å². The topological polar surface area (TPSA) is 87.9 Å². The molecule has 0 saturated heterocycles. The maximum absolute atomic E-state index is 13.0. The van der Waals surface area contributed by atoms with E-state index in [2.05, 4.69) is 9.72 Å². The lowest BCUT2D eigenvalue weighted by molar-refractivity contribution is -0.135. The fourth-order valence-corrected chi connectivity index (χ4v) is 2.66. The maximum atomic E-state index is 13.0. The summed E-state index contributed by atoms with van der Waals surface area (Å²) < 4.78 is 33.8. The third-order valence-corrected chi connectivity index (χ3v) is 4.25. The predicted molar refractivity (Wildman–Crippen MR) is 110 cm³/mol. The fourth-order valence-electron chi connectivity index (χ4n) is 2.66. The lowest BCUT2D eigenvalue weighted by atomic mass is 10.2. The second-order valence-electron chi connectivity index (χ2n) is 6.37. The number of rotatable bonds is 8. The Bertz CT molecular complexity index is 1090. The molecule has 0 N–H and O–H groups in total. The number of hydrogen-bond acceptors (Lipinski definition) is 7. The van der Waals surface area contributed by atoms with Crippen molar-refractivity contribution in [3.8, 4) is 22.8 Å². The molecule has 0 spiro atoms. The highest BCUT2D eigenvalue weighted by molar-refractivity contribution is 5.87. The van der Waals surface area contributed by atoms with E-state index in [9.17, 15) is 14.0 Å². The van der Waals surface area contributed by atoms with Crippen LogP contribution in [-0.4, -0.2) is 31.1 Å². The summed E-state index contributed by atoms with van der Waals surface area (Å²) >= 11 is 0. The van der Waals surface area contributed by atoms with Gasteiger partial charge in [0.05, 0.1) is 26.8 Å². The molecule has 3 rings (SSSR count). The number of hydrogen-bond donors (Lipinski definition) is 0. The van der Waals surface area contributed by atoms with Gasteiger partial charge in [-0.2, -0.15) is 0 Å². The van der Waals surface area contributed by atoms with Gasteiger partial charge in [-0.25, -0.2) is 14.2 Å². The van der Waals surface area contributed by atoms with Gasteiger partial charge in [0.2, 0.25) is 0 Å². The van der Waals surface area contributed by atoms with E-state index in [0.717, 1.165) is 0 Å². The van der Waals surface area contributed by atoms with Crippen LogP contribution in [0.5, 0.6) is 11.5 Å². The zero-order valence-electron chi connectivity index (χ0n) is 17.0. The average molecular weight is 425 g/mol. The van der Waals surface area contributed by atoms with Crippen molar-refractivity contribution < 1.29 is 32.6 Å². The van der Waals surface area contributed by atoms with E-state index in [-0.39, 0.29) is 24.4 Å². The van der Waals surface area contributed by atoms with E-state index < -0.39 is 11.9 Å². The number of aryl methyl sites for hydroxylation is 1. The Kier molecular flexibility index (Phi) is 7.16. The summed E-state index contributed by atoms with van der Waals surface area (Å²) in [7, 11) is 2.74. The highest BCUT2D eigenvalue weighted by Crippen LogP contribution is 2.29. The zero-order chi connectivity index (χ0) is 22.2. The first-order valence-corrected chi connectivity index (χ1v) is 9.34. The molecule has 0 unspecified atom stereocenters. The Morgan fingerprint density at radius 3 is 2.58 bits per heavy atom. The van der Waals surface area contributed by atoms with E-state index in [1.165, 1.54) is 38.6 Å². The third-order valence-electron chi connectivity index (χ3n) is 4.25. The quantitative estimate of drug-likeness (QED) is 0.303. The van der Waals surface area contributed by atoms with Crippen LogP contribution in [0.3, 0.4) is 0 Å². The molecular weight excluding hydrogens is 405 g/mol. The molecule has 0 aliphatic rings. The molecule has 1 aromatic heterocycles. The Labute approximate surface area is 178 Å². The number of ether oxygens (including phenoxy) is 3. The van der Waals surface area contributed by atoms with Gasteiger partial charge in [0.15, 0.2) is 23.1 Å². The molecule has 3 aromatic rings. The number of carbonyl (C=O) groups is 2. The van der Waals surface area contributed by atoms with Crippen molar-refractivity contribution in [2.75, 3.05) is 14.2 Å². The molecule has 0 aliphatic heterocycles. The van der Waals surface area contributed by atoms with Crippen LogP contribution in [0, 0.1) is 5.82 Å². The third kappa shape index (κ3) is 6.02. The van der Waals surface area contributed by atoms with E-state index in [0.29, 0.717) is 28.5 Å². The highest BCUT2D eigenvalue weighted by atomic mass is 19.1. The number of halogens is 1. The number of nitrogens with zero attached hydrogens (tertiary/aromatic N) is 1. The summed E-state index contributed by atoms with van der Waals surface area (Å²) in [6.07, 6.45) is 4.63. The van der Waals surface area contributed by atoms with Gasteiger partial charge in [0.25, 0.3) is 0 Å². The molecule has 0 fully saturated rings. The molecule has 0 saturated carbocycles. The largest absolute Gasteiger partial charge is 0.493 e. The van der Waals surface area contributed by atoms with Crippen LogP contribution in [0.4, 0.5) is 4.39 Å². The molecule has 2 aromatic carbocycles. The number of oxazole rings is 1. The maximum Gasteiger partial charge on any atom is 0.330 e. The van der Waals surface area contributed by atoms with E-state index in [1.807, 2.05) is 0 Å². The Hall–Kier alpha value is -3.94. The minimum absolute atomic E-state index is 0.0382. The van der Waals surface area contributed by atoms with Gasteiger partial charge in [0.1, 0.15) is 5.82 Å². The van der Waals surface area contributed by atoms with Crippen molar-refractivity contribution in [1.82, 2.24) is 4.98 Å². The van der Waals surface area contributed by atoms with Crippen LogP contribution < -0.4 is 9.47 Å². The first kappa shape index (κ1) is 21.8. The van der Waals surface area contributed by atoms with E-state index in [4.69, 9.17) is 13.9 Å². The SMILES string of the molecule is COC(=O)/C=C/c1ccc(OC(=O)CCc2ncc(-c3ccc(F)cc3)o2)c(OC)c1. The summed E-state index contributed by atoms with van der Waals surface area (Å²) in [5.41, 5.74) is 1.36. The number of carbonyl (C=O) groups excluding carboxylic acids is 2. The Morgan fingerprint density at radius 2 is 1.87 bits per heavy atom. The Morgan fingerprint density at radius 1 is 1.10 bits per heavy atom. The number of methoxy groups -OCH3 is 2. The summed E-state index contributed by atoms with van der Waals surface area (Å²) in [6.45, 7) is 0. The van der Waals surface area contributed by atoms with Crippen LogP contribution in [0.1, 0.15) is 17.9 Å². The van der Waals surface area contributed by atoms with Crippen LogP contribution in [-0.2, 0) is 20.7 Å². The lowest BCUT2D eigenvalue weighted by Gasteiger charge is -2.09. The number of benzene rings is 2. The van der Waals surface area contributed by atoms with Gasteiger partial charge in [-0.05, 0) is 48.0 Å². The van der Waals surface area contributed by atoms with Crippen molar-refractivity contribution in [2.24, 2.45) is 0 Å². The van der Waals surface area contributed by atoms with Gasteiger partial charge in [-0.15, -0.1) is 0 Å². The molecule has 0 radical (unpaired) electrons. The Balaban J connectivity index is 1.59. The van der Waals surface area contributed by atoms with Crippen molar-refractivity contribution >= 4 is 18.0 Å². The molecule has 1 heterocycles. The van der Waals surface area contributed by atoms with Crippen molar-refractivity contribution in [3.63, 3.8) is 0 Å². The first-order valence-electron chi connectivity index (χ1n) is 9.34. The van der Waals surface area contributed by atoms with Crippen molar-refractivity contribution in [2.45, 2.75) is 12.8 Å². The standard InChI is InChI=1S/C23H20FNO6/c1-28-19-13-15(4-11-22(26)29-2)3-9-18(19)31-23(27)12-10-21-25-14-20(30-21)16-5-7-17(24)8-6-16/h3-9,11,13-14H,10,12H2,1-2H3/b11-4+. The molecular formula is C23H20FNO6. The van der Waals surface area contributed by atoms with E-state index >= 15 is 0 Å². The van der Waals surface area contributed by atoms with Crippen molar-refractivity contribution in [1.29, 1.82) is 0 Å². The molecule has 8 heteroatoms. The second kappa shape index (κ2) is 10.2. The molecule has 0 atom stereocenters. The van der Waals surface area contributed by atoms with Crippen LogP contribution >= 0.6 is 0 Å². The smallest absolute Gasteiger partial charge is 0.330 e. The van der Waals surface area contributed by atoms with Crippen molar-refractivity contribution in [3.05, 3.63) is 72.0 Å². The minimum Gasteiger partial charge on any atom is -0.493 e. The van der Waals surface area contributed by atoms with Gasteiger partial charge in [0, 0.05) is 18.1 Å². The lowest BCUT2D eigenvalue weighted by Crippen LogP contribution is -2.10. The summed E-state index contributed by atoms with van der Waals surface area (Å²) in [5.74, 6) is 0.139. The molecule has 31 heavy (non-hydrogen) atoms. The summed E-state index contributed by atoms with van der Waals surface area (Å²) in [4.78, 5) is 27.6. The molecule has 0 aliphatic carbocycles. The summed E-state index contributed by atoms with van der Waals surface area (Å²) in [5, 5.41) is 0. The first-order chi connectivity index (χ1) is 15.0. The average Bonchev–Trinajstić information content (AvgIpc) is 3.26. The van der Waals surface area contributed by atoms with Crippen LogP contribution in [0.15, 0.2) is 59.2 Å². The normalized spacial score (nSPS) is 10.8. The molecule has 0 amide bonds. The molecule has 7 nitrogen and oxygen atoms in total. The monoisotopic (exact) mass is 425 g/mol. The minimum atomic E-state index is -0.488. The second-order valence-corrected chi connectivity index (χ2v) is 6.37. The van der Waals surface area contributed by atoms with E-state index in [1.54, 1.807) is 36.4 Å². The van der Waals surface area contributed by atoms with Crippen LogP contribution in [0.25, 0.3) is 17.4 Å². The van der Waals surface area contributed by atoms with Gasteiger partial charge in [-0.1, -0.05) is 6.07 Å². The van der Waals surface area contributed by atoms with Gasteiger partial charge in [-0.3, -0.25) is 4.79 Å². The number of esters is 2. The predicted octanol–water partition coefficient (Wildman–Crippen LogP) is 4.21. The molecule has 160 valence electrons. The zero-order valence-corrected chi connectivity index (χ0v) is 17.0. The fraction of sp³-hybridized carbons (Fsp3) is 0.174. The van der Waals surface area contributed by atoms with Gasteiger partial charge < -0.3 is 18.6 Å². The summed E-state index contributed by atoms with van der Waals surface area (Å²) in [6, 6.07) is 10.7. The molecule has 0 bridgehead atoms. The highest BCUT2D eigenvalue weighted by Gasteiger charge is 2.13.